The Morgan fingerprint density at radius 3 is 2.64 bits per heavy atom. The van der Waals surface area contributed by atoms with Gasteiger partial charge in [0.05, 0.1) is 22.7 Å². The maximum Gasteiger partial charge on any atom is 0.341 e. The zero-order valence-electron chi connectivity index (χ0n) is 12.5. The Balaban J connectivity index is 1.76. The fraction of sp³-hybridized carbons (Fsp3) is 0.176. The largest absolute Gasteiger partial charge is 0.341 e. The second kappa shape index (κ2) is 5.41. The average Bonchev–Trinajstić information content (AvgIpc) is 2.48. The molecular formula is C17H16N4O. The lowest BCUT2D eigenvalue weighted by Crippen LogP contribution is -2.32. The summed E-state index contributed by atoms with van der Waals surface area (Å²) in [5.74, 6) is 0. The molecule has 0 aliphatic carbocycles. The Bertz CT molecular complexity index is 875. The summed E-state index contributed by atoms with van der Waals surface area (Å²) < 4.78 is 1.45. The number of carbonyl (C=O) groups excluding carboxylic acids is 1. The van der Waals surface area contributed by atoms with Crippen molar-refractivity contribution in [3.8, 4) is 6.07 Å². The van der Waals surface area contributed by atoms with Crippen LogP contribution >= 0.6 is 0 Å². The highest BCUT2D eigenvalue weighted by Crippen LogP contribution is 2.17. The van der Waals surface area contributed by atoms with Crippen molar-refractivity contribution in [2.24, 2.45) is 0 Å². The van der Waals surface area contributed by atoms with Crippen LogP contribution in [0.25, 0.3) is 11.0 Å². The molecule has 5 heteroatoms. The van der Waals surface area contributed by atoms with E-state index in [-0.39, 0.29) is 6.03 Å². The minimum absolute atomic E-state index is 0.208. The molecule has 1 amide bonds. The van der Waals surface area contributed by atoms with Crippen molar-refractivity contribution in [1.82, 2.24) is 15.1 Å². The van der Waals surface area contributed by atoms with Crippen LogP contribution in [0.1, 0.15) is 22.3 Å². The van der Waals surface area contributed by atoms with Gasteiger partial charge in [-0.25, -0.2) is 9.48 Å². The molecule has 0 unspecified atom stereocenters. The number of nitrogens with zero attached hydrogens (tertiary/aromatic N) is 2. The van der Waals surface area contributed by atoms with Gasteiger partial charge < -0.3 is 5.32 Å². The number of hydrogen-bond donors (Lipinski definition) is 2. The molecule has 0 spiro atoms. The van der Waals surface area contributed by atoms with Gasteiger partial charge in [-0.1, -0.05) is 18.2 Å². The van der Waals surface area contributed by atoms with Crippen molar-refractivity contribution in [2.75, 3.05) is 0 Å². The van der Waals surface area contributed by atoms with Crippen molar-refractivity contribution in [3.63, 3.8) is 0 Å². The third kappa shape index (κ3) is 2.35. The summed E-state index contributed by atoms with van der Waals surface area (Å²) in [6.07, 6.45) is 0. The molecule has 0 aliphatic heterocycles. The second-order valence-electron chi connectivity index (χ2n) is 5.32. The maximum atomic E-state index is 12.2. The van der Waals surface area contributed by atoms with Crippen molar-refractivity contribution < 1.29 is 4.79 Å². The molecule has 3 aromatic rings. The number of aromatic nitrogens is 2. The van der Waals surface area contributed by atoms with E-state index >= 15 is 0 Å². The van der Waals surface area contributed by atoms with Crippen molar-refractivity contribution in [3.05, 3.63) is 58.7 Å². The maximum absolute atomic E-state index is 12.2. The van der Waals surface area contributed by atoms with E-state index in [1.807, 2.05) is 32.0 Å². The molecule has 2 N–H and O–H groups in total. The van der Waals surface area contributed by atoms with Crippen LogP contribution in [-0.2, 0) is 6.54 Å². The monoisotopic (exact) mass is 292 g/mol. The smallest absolute Gasteiger partial charge is 0.332 e. The zero-order valence-corrected chi connectivity index (χ0v) is 12.5. The van der Waals surface area contributed by atoms with E-state index < -0.39 is 0 Å². The summed E-state index contributed by atoms with van der Waals surface area (Å²) in [6, 6.07) is 13.1. The number of fused-ring (bicyclic) bond motifs is 1. The first kappa shape index (κ1) is 14.0. The predicted octanol–water partition coefficient (Wildman–Crippen LogP) is 3.22. The third-order valence-electron chi connectivity index (χ3n) is 3.86. The standard InChI is InChI=1S/C17H16N4O/c1-11-4-3-5-12(2)14(11)10-19-17(22)21-16-7-6-13(9-18)8-15(16)20-21/h3-8,20H,10H2,1-2H3,(H,19,22). The van der Waals surface area contributed by atoms with Crippen LogP contribution in [0.3, 0.4) is 0 Å². The molecule has 3 rings (SSSR count). The molecule has 1 aromatic heterocycles. The zero-order chi connectivity index (χ0) is 15.7. The number of nitriles is 1. The summed E-state index contributed by atoms with van der Waals surface area (Å²) in [5, 5.41) is 14.7. The van der Waals surface area contributed by atoms with Crippen LogP contribution in [0.5, 0.6) is 0 Å². The Kier molecular flexibility index (Phi) is 3.43. The highest BCUT2D eigenvalue weighted by molar-refractivity contribution is 5.91. The third-order valence-corrected chi connectivity index (χ3v) is 3.86. The molecule has 1 heterocycles. The fourth-order valence-corrected chi connectivity index (χ4v) is 2.55. The molecule has 110 valence electrons. The lowest BCUT2D eigenvalue weighted by molar-refractivity contribution is 0.239. The molecule has 0 fully saturated rings. The highest BCUT2D eigenvalue weighted by Gasteiger charge is 2.13. The first-order valence-corrected chi connectivity index (χ1v) is 7.04. The predicted molar refractivity (Wildman–Crippen MR) is 84.6 cm³/mol. The van der Waals surface area contributed by atoms with Crippen LogP contribution in [0, 0.1) is 25.2 Å². The number of H-pyrrole nitrogens is 1. The van der Waals surface area contributed by atoms with Crippen LogP contribution in [0.2, 0.25) is 0 Å². The molecule has 0 atom stereocenters. The van der Waals surface area contributed by atoms with E-state index in [1.165, 1.54) is 4.68 Å². The topological polar surface area (TPSA) is 73.6 Å². The van der Waals surface area contributed by atoms with E-state index in [2.05, 4.69) is 16.5 Å². The summed E-state index contributed by atoms with van der Waals surface area (Å²) in [5.41, 5.74) is 5.60. The summed E-state index contributed by atoms with van der Waals surface area (Å²) >= 11 is 0. The number of benzene rings is 2. The summed E-state index contributed by atoms with van der Waals surface area (Å²) in [7, 11) is 0. The molecule has 0 aliphatic rings. The quantitative estimate of drug-likeness (QED) is 0.761. The second-order valence-corrected chi connectivity index (χ2v) is 5.32. The molecule has 5 nitrogen and oxygen atoms in total. The SMILES string of the molecule is Cc1cccc(C)c1CNC(=O)n1[nH]c2cc(C#N)ccc21. The fourth-order valence-electron chi connectivity index (χ4n) is 2.55. The number of amides is 1. The first-order chi connectivity index (χ1) is 10.6. The van der Waals surface area contributed by atoms with Gasteiger partial charge in [0, 0.05) is 6.54 Å². The van der Waals surface area contributed by atoms with E-state index in [9.17, 15) is 4.79 Å². The van der Waals surface area contributed by atoms with Crippen LogP contribution in [-0.4, -0.2) is 15.8 Å². The Hall–Kier alpha value is -3.00. The van der Waals surface area contributed by atoms with Gasteiger partial charge in [0.15, 0.2) is 0 Å². The van der Waals surface area contributed by atoms with E-state index in [1.54, 1.807) is 18.2 Å². The normalized spacial score (nSPS) is 10.6. The van der Waals surface area contributed by atoms with E-state index in [0.717, 1.165) is 27.7 Å². The van der Waals surface area contributed by atoms with Crippen molar-refractivity contribution in [2.45, 2.75) is 20.4 Å². The molecule has 0 radical (unpaired) electrons. The van der Waals surface area contributed by atoms with E-state index in [4.69, 9.17) is 5.26 Å². The number of rotatable bonds is 2. The minimum atomic E-state index is -0.208. The molecule has 2 aromatic carbocycles. The van der Waals surface area contributed by atoms with Crippen LogP contribution < -0.4 is 5.32 Å². The lowest BCUT2D eigenvalue weighted by atomic mass is 10.0. The van der Waals surface area contributed by atoms with Gasteiger partial charge >= 0.3 is 6.03 Å². The average molecular weight is 292 g/mol. The van der Waals surface area contributed by atoms with Crippen LogP contribution in [0.4, 0.5) is 4.79 Å². The number of carbonyl (C=O) groups is 1. The van der Waals surface area contributed by atoms with Gasteiger partial charge in [-0.15, -0.1) is 0 Å². The Morgan fingerprint density at radius 2 is 2.00 bits per heavy atom. The van der Waals surface area contributed by atoms with Crippen molar-refractivity contribution in [1.29, 1.82) is 5.26 Å². The van der Waals surface area contributed by atoms with E-state index in [0.29, 0.717) is 12.1 Å². The number of nitrogens with one attached hydrogen (secondary N) is 2. The molecule has 0 bridgehead atoms. The van der Waals surface area contributed by atoms with Crippen molar-refractivity contribution >= 4 is 17.1 Å². The molecular weight excluding hydrogens is 276 g/mol. The first-order valence-electron chi connectivity index (χ1n) is 7.04. The van der Waals surface area contributed by atoms with Gasteiger partial charge in [-0.3, -0.25) is 5.10 Å². The summed E-state index contributed by atoms with van der Waals surface area (Å²) in [4.78, 5) is 12.2. The van der Waals surface area contributed by atoms with Gasteiger partial charge in [0.2, 0.25) is 0 Å². The number of aryl methyl sites for hydroxylation is 2. The molecule has 22 heavy (non-hydrogen) atoms. The highest BCUT2D eigenvalue weighted by atomic mass is 16.2. The molecule has 0 saturated carbocycles. The number of aromatic amines is 1. The van der Waals surface area contributed by atoms with Gasteiger partial charge in [-0.2, -0.15) is 5.26 Å². The Labute approximate surface area is 128 Å². The summed E-state index contributed by atoms with van der Waals surface area (Å²) in [6.45, 7) is 4.56. The molecule has 0 saturated heterocycles. The Morgan fingerprint density at radius 1 is 1.27 bits per heavy atom. The van der Waals surface area contributed by atoms with Gasteiger partial charge in [0.25, 0.3) is 0 Å². The van der Waals surface area contributed by atoms with Gasteiger partial charge in [0.1, 0.15) is 0 Å². The minimum Gasteiger partial charge on any atom is -0.332 e. The number of hydrogen-bond acceptors (Lipinski definition) is 2. The lowest BCUT2D eigenvalue weighted by Gasteiger charge is -2.17. The van der Waals surface area contributed by atoms with Crippen LogP contribution in [0.15, 0.2) is 36.4 Å². The van der Waals surface area contributed by atoms with Gasteiger partial charge in [-0.05, 0) is 48.7 Å².